The van der Waals surface area contributed by atoms with E-state index in [1.807, 2.05) is 19.9 Å². The first-order valence-electron chi connectivity index (χ1n) is 4.46. The van der Waals surface area contributed by atoms with Gasteiger partial charge in [-0.3, -0.25) is 9.98 Å². The molecular weight excluding hydrogens is 176 g/mol. The highest BCUT2D eigenvalue weighted by Gasteiger charge is 2.25. The molecule has 0 aromatic carbocycles. The molecule has 0 atom stereocenters. The van der Waals surface area contributed by atoms with Crippen LogP contribution in [0, 0.1) is 13.8 Å². The van der Waals surface area contributed by atoms with Gasteiger partial charge in [0.2, 0.25) is 5.90 Å². The summed E-state index contributed by atoms with van der Waals surface area (Å²) in [7, 11) is 1.70. The van der Waals surface area contributed by atoms with Crippen molar-refractivity contribution in [2.24, 2.45) is 4.99 Å². The molecule has 1 aromatic rings. The zero-order valence-electron chi connectivity index (χ0n) is 8.59. The second kappa shape index (κ2) is 2.94. The average Bonchev–Trinajstić information content (AvgIpc) is 2.44. The number of rotatable bonds is 0. The van der Waals surface area contributed by atoms with Crippen LogP contribution >= 0.6 is 0 Å². The zero-order chi connectivity index (χ0) is 10.3. The van der Waals surface area contributed by atoms with Crippen molar-refractivity contribution in [3.05, 3.63) is 29.6 Å². The van der Waals surface area contributed by atoms with Gasteiger partial charge in [0.25, 0.3) is 0 Å². The first-order valence-corrected chi connectivity index (χ1v) is 4.46. The molecule has 0 N–H and O–H groups in total. The van der Waals surface area contributed by atoms with Gasteiger partial charge in [0, 0.05) is 23.9 Å². The van der Waals surface area contributed by atoms with Crippen molar-refractivity contribution in [1.29, 1.82) is 0 Å². The van der Waals surface area contributed by atoms with Gasteiger partial charge in [-0.25, -0.2) is 0 Å². The summed E-state index contributed by atoms with van der Waals surface area (Å²) in [5, 5.41) is 0. The number of aromatic nitrogens is 1. The van der Waals surface area contributed by atoms with Crippen molar-refractivity contribution in [3.63, 3.8) is 0 Å². The molecule has 14 heavy (non-hydrogen) atoms. The Bertz CT molecular complexity index is 447. The standard InChI is InChI=1S/C11H12N2O/c1-6-5-9-7(2)11(12-4)14-10(9)8(3)13-6/h5H,2H2,1,3-4H3. The Morgan fingerprint density at radius 2 is 2.14 bits per heavy atom. The predicted molar refractivity (Wildman–Crippen MR) is 56.7 cm³/mol. The SMILES string of the molecule is C=C1C(=NC)Oc2c1cc(C)nc2C. The fourth-order valence-corrected chi connectivity index (χ4v) is 1.62. The van der Waals surface area contributed by atoms with E-state index in [-0.39, 0.29) is 0 Å². The quantitative estimate of drug-likeness (QED) is 0.625. The summed E-state index contributed by atoms with van der Waals surface area (Å²) in [4.78, 5) is 8.35. The molecule has 3 heteroatoms. The zero-order valence-corrected chi connectivity index (χ0v) is 8.59. The molecule has 0 saturated carbocycles. The highest BCUT2D eigenvalue weighted by atomic mass is 16.5. The Labute approximate surface area is 83.2 Å². The van der Waals surface area contributed by atoms with Gasteiger partial charge >= 0.3 is 0 Å². The minimum absolute atomic E-state index is 0.593. The minimum Gasteiger partial charge on any atom is -0.436 e. The molecule has 2 heterocycles. The van der Waals surface area contributed by atoms with Crippen LogP contribution in [0.1, 0.15) is 17.0 Å². The molecule has 1 aromatic heterocycles. The van der Waals surface area contributed by atoms with Crippen LogP contribution in [0.15, 0.2) is 17.6 Å². The summed E-state index contributed by atoms with van der Waals surface area (Å²) >= 11 is 0. The van der Waals surface area contributed by atoms with Crippen LogP contribution < -0.4 is 4.74 Å². The van der Waals surface area contributed by atoms with Crippen LogP contribution in [0.5, 0.6) is 5.75 Å². The van der Waals surface area contributed by atoms with E-state index >= 15 is 0 Å². The monoisotopic (exact) mass is 188 g/mol. The topological polar surface area (TPSA) is 34.5 Å². The Balaban J connectivity index is 2.65. The van der Waals surface area contributed by atoms with Crippen molar-refractivity contribution < 1.29 is 4.74 Å². The first kappa shape index (κ1) is 8.94. The third-order valence-corrected chi connectivity index (χ3v) is 2.26. The van der Waals surface area contributed by atoms with Gasteiger partial charge in [0.05, 0.1) is 5.69 Å². The smallest absolute Gasteiger partial charge is 0.221 e. The van der Waals surface area contributed by atoms with E-state index < -0.39 is 0 Å². The van der Waals surface area contributed by atoms with Gasteiger partial charge in [-0.15, -0.1) is 0 Å². The molecular formula is C11H12N2O. The van der Waals surface area contributed by atoms with E-state index in [9.17, 15) is 0 Å². The van der Waals surface area contributed by atoms with Gasteiger partial charge in [-0.1, -0.05) is 6.58 Å². The van der Waals surface area contributed by atoms with Crippen LogP contribution in [-0.2, 0) is 0 Å². The number of hydrogen-bond acceptors (Lipinski definition) is 3. The lowest BCUT2D eigenvalue weighted by molar-refractivity contribution is 0.560. The maximum Gasteiger partial charge on any atom is 0.221 e. The summed E-state index contributed by atoms with van der Waals surface area (Å²) < 4.78 is 5.54. The lowest BCUT2D eigenvalue weighted by Gasteiger charge is -2.02. The van der Waals surface area contributed by atoms with E-state index in [0.717, 1.165) is 28.3 Å². The summed E-state index contributed by atoms with van der Waals surface area (Å²) in [5.41, 5.74) is 3.72. The van der Waals surface area contributed by atoms with Gasteiger partial charge in [0.15, 0.2) is 5.75 Å². The lowest BCUT2D eigenvalue weighted by Crippen LogP contribution is -2.01. The van der Waals surface area contributed by atoms with Crippen molar-refractivity contribution in [2.75, 3.05) is 7.05 Å². The van der Waals surface area contributed by atoms with Gasteiger partial charge < -0.3 is 4.74 Å². The van der Waals surface area contributed by atoms with E-state index in [0.29, 0.717) is 5.90 Å². The number of fused-ring (bicyclic) bond motifs is 1. The lowest BCUT2D eigenvalue weighted by atomic mass is 10.1. The molecule has 72 valence electrons. The van der Waals surface area contributed by atoms with Gasteiger partial charge in [-0.05, 0) is 19.9 Å². The Morgan fingerprint density at radius 3 is 2.79 bits per heavy atom. The third kappa shape index (κ3) is 1.13. The molecule has 1 aliphatic heterocycles. The van der Waals surface area contributed by atoms with Crippen molar-refractivity contribution >= 4 is 11.5 Å². The Kier molecular flexibility index (Phi) is 1.88. The number of nitrogens with zero attached hydrogens (tertiary/aromatic N) is 2. The number of hydrogen-bond donors (Lipinski definition) is 0. The molecule has 2 rings (SSSR count). The molecule has 1 aliphatic rings. The fourth-order valence-electron chi connectivity index (χ4n) is 1.62. The number of aliphatic imine (C=N–C) groups is 1. The predicted octanol–water partition coefficient (Wildman–Crippen LogP) is 2.13. The molecule has 0 radical (unpaired) electrons. The molecule has 0 spiro atoms. The highest BCUT2D eigenvalue weighted by molar-refractivity contribution is 6.23. The molecule has 0 amide bonds. The van der Waals surface area contributed by atoms with Gasteiger partial charge in [0.1, 0.15) is 0 Å². The molecule has 3 nitrogen and oxygen atoms in total. The summed E-state index contributed by atoms with van der Waals surface area (Å²) in [6, 6.07) is 1.98. The molecule has 0 unspecified atom stereocenters. The van der Waals surface area contributed by atoms with Crippen LogP contribution in [-0.4, -0.2) is 17.9 Å². The number of ether oxygens (including phenoxy) is 1. The Morgan fingerprint density at radius 1 is 1.43 bits per heavy atom. The molecule has 0 saturated heterocycles. The Hall–Kier alpha value is -1.64. The second-order valence-corrected chi connectivity index (χ2v) is 3.34. The highest BCUT2D eigenvalue weighted by Crippen LogP contribution is 2.35. The number of aryl methyl sites for hydroxylation is 2. The van der Waals surface area contributed by atoms with Crippen molar-refractivity contribution in [1.82, 2.24) is 4.98 Å². The van der Waals surface area contributed by atoms with E-state index in [1.165, 1.54) is 0 Å². The molecule has 0 bridgehead atoms. The van der Waals surface area contributed by atoms with Crippen LogP contribution in [0.3, 0.4) is 0 Å². The van der Waals surface area contributed by atoms with Crippen LogP contribution in [0.25, 0.3) is 5.57 Å². The molecule has 0 aliphatic carbocycles. The normalized spacial score (nSPS) is 17.1. The average molecular weight is 188 g/mol. The van der Waals surface area contributed by atoms with Gasteiger partial charge in [-0.2, -0.15) is 0 Å². The van der Waals surface area contributed by atoms with Crippen LogP contribution in [0.4, 0.5) is 0 Å². The van der Waals surface area contributed by atoms with Crippen LogP contribution in [0.2, 0.25) is 0 Å². The maximum absolute atomic E-state index is 5.54. The van der Waals surface area contributed by atoms with E-state index in [4.69, 9.17) is 4.74 Å². The minimum atomic E-state index is 0.593. The fraction of sp³-hybridized carbons (Fsp3) is 0.273. The van der Waals surface area contributed by atoms with E-state index in [1.54, 1.807) is 7.05 Å². The first-order chi connectivity index (χ1) is 6.63. The largest absolute Gasteiger partial charge is 0.436 e. The summed E-state index contributed by atoms with van der Waals surface area (Å²) in [5.74, 6) is 1.39. The second-order valence-electron chi connectivity index (χ2n) is 3.34. The number of pyridine rings is 1. The molecule has 0 fully saturated rings. The van der Waals surface area contributed by atoms with E-state index in [2.05, 4.69) is 16.6 Å². The summed E-state index contributed by atoms with van der Waals surface area (Å²) in [6.45, 7) is 7.83. The van der Waals surface area contributed by atoms with Crippen molar-refractivity contribution in [3.8, 4) is 5.75 Å². The summed E-state index contributed by atoms with van der Waals surface area (Å²) in [6.07, 6.45) is 0. The third-order valence-electron chi connectivity index (χ3n) is 2.26. The maximum atomic E-state index is 5.54. The van der Waals surface area contributed by atoms with Crippen molar-refractivity contribution in [2.45, 2.75) is 13.8 Å².